The molecule has 2 N–H and O–H groups in total. The van der Waals surface area contributed by atoms with Crippen LogP contribution in [0.2, 0.25) is 0 Å². The van der Waals surface area contributed by atoms with E-state index in [4.69, 9.17) is 5.11 Å². The fourth-order valence-electron chi connectivity index (χ4n) is 2.82. The number of rotatable bonds is 7. The van der Waals surface area contributed by atoms with Crippen LogP contribution in [0.5, 0.6) is 0 Å². The lowest BCUT2D eigenvalue weighted by molar-refractivity contribution is -0.136. The number of carboxylic acids is 1. The summed E-state index contributed by atoms with van der Waals surface area (Å²) in [6.45, 7) is 3.82. The molecule has 0 radical (unpaired) electrons. The second-order valence-electron chi connectivity index (χ2n) is 6.75. The summed E-state index contributed by atoms with van der Waals surface area (Å²) < 4.78 is 0. The fraction of sp³-hybridized carbons (Fsp3) is 0.250. The van der Waals surface area contributed by atoms with Gasteiger partial charge in [0.05, 0.1) is 6.42 Å². The van der Waals surface area contributed by atoms with Gasteiger partial charge in [-0.05, 0) is 28.8 Å². The molecule has 0 saturated heterocycles. The zero-order valence-electron chi connectivity index (χ0n) is 15.6. The number of tetrazole rings is 1. The van der Waals surface area contributed by atoms with E-state index >= 15 is 0 Å². The molecule has 1 unspecified atom stereocenters. The van der Waals surface area contributed by atoms with Gasteiger partial charge in [-0.15, -0.1) is 10.2 Å². The third-order valence-electron chi connectivity index (χ3n) is 4.19. The van der Waals surface area contributed by atoms with Crippen molar-refractivity contribution in [1.82, 2.24) is 20.2 Å². The average Bonchev–Trinajstić information content (AvgIpc) is 3.13. The minimum absolute atomic E-state index is 0.0615. The molecule has 0 aliphatic rings. The standard InChI is InChI=1S/C20H21N5O3/c1-13(2)18(25-23-19(22-24-25)15-6-4-3-5-7-15)20(28)21-16-10-8-14(9-11-16)12-17(26)27/h3-11,13,18H,12H2,1-2H3,(H,21,28)(H,26,27). The molecule has 1 amide bonds. The van der Waals surface area contributed by atoms with Gasteiger partial charge < -0.3 is 10.4 Å². The zero-order chi connectivity index (χ0) is 20.1. The Bertz CT molecular complexity index is 951. The van der Waals surface area contributed by atoms with Crippen molar-refractivity contribution in [3.8, 4) is 11.4 Å². The first kappa shape index (κ1) is 19.2. The van der Waals surface area contributed by atoms with E-state index in [1.54, 1.807) is 24.3 Å². The molecule has 8 nitrogen and oxygen atoms in total. The highest BCUT2D eigenvalue weighted by Crippen LogP contribution is 2.21. The summed E-state index contributed by atoms with van der Waals surface area (Å²) in [5.74, 6) is -0.776. The van der Waals surface area contributed by atoms with Crippen LogP contribution in [0.4, 0.5) is 5.69 Å². The van der Waals surface area contributed by atoms with Gasteiger partial charge in [0.1, 0.15) is 0 Å². The Morgan fingerprint density at radius 1 is 1.07 bits per heavy atom. The molecule has 3 aromatic rings. The zero-order valence-corrected chi connectivity index (χ0v) is 15.6. The third kappa shape index (κ3) is 4.59. The Morgan fingerprint density at radius 3 is 2.36 bits per heavy atom. The monoisotopic (exact) mass is 379 g/mol. The van der Waals surface area contributed by atoms with E-state index in [0.29, 0.717) is 17.1 Å². The lowest BCUT2D eigenvalue weighted by atomic mass is 10.0. The maximum atomic E-state index is 12.8. The highest BCUT2D eigenvalue weighted by atomic mass is 16.4. The maximum Gasteiger partial charge on any atom is 0.307 e. The van der Waals surface area contributed by atoms with Crippen LogP contribution >= 0.6 is 0 Å². The summed E-state index contributed by atoms with van der Waals surface area (Å²) in [6, 6.07) is 15.5. The highest BCUT2D eigenvalue weighted by Gasteiger charge is 2.27. The topological polar surface area (TPSA) is 110 Å². The van der Waals surface area contributed by atoms with Crippen LogP contribution in [0, 0.1) is 5.92 Å². The molecule has 0 saturated carbocycles. The number of hydrogen-bond donors (Lipinski definition) is 2. The van der Waals surface area contributed by atoms with Crippen LogP contribution < -0.4 is 5.32 Å². The molecule has 0 bridgehead atoms. The van der Waals surface area contributed by atoms with Crippen molar-refractivity contribution in [3.05, 3.63) is 60.2 Å². The summed E-state index contributed by atoms with van der Waals surface area (Å²) in [5, 5.41) is 24.2. The molecular formula is C20H21N5O3. The molecule has 0 aliphatic carbocycles. The average molecular weight is 379 g/mol. The van der Waals surface area contributed by atoms with Gasteiger partial charge in [0.2, 0.25) is 5.82 Å². The Kier molecular flexibility index (Phi) is 5.78. The molecule has 1 atom stereocenters. The summed E-state index contributed by atoms with van der Waals surface area (Å²) in [6.07, 6.45) is -0.0615. The lowest BCUT2D eigenvalue weighted by Crippen LogP contribution is -2.31. The van der Waals surface area contributed by atoms with Gasteiger partial charge in [0.15, 0.2) is 6.04 Å². The summed E-state index contributed by atoms with van der Waals surface area (Å²) in [4.78, 5) is 24.9. The van der Waals surface area contributed by atoms with E-state index < -0.39 is 12.0 Å². The van der Waals surface area contributed by atoms with Crippen molar-refractivity contribution < 1.29 is 14.7 Å². The predicted octanol–water partition coefficient (Wildman–Crippen LogP) is 2.80. The van der Waals surface area contributed by atoms with Crippen molar-refractivity contribution in [2.45, 2.75) is 26.3 Å². The van der Waals surface area contributed by atoms with Gasteiger partial charge in [-0.1, -0.05) is 56.3 Å². The number of carbonyl (C=O) groups is 2. The summed E-state index contributed by atoms with van der Waals surface area (Å²) in [7, 11) is 0. The number of aliphatic carboxylic acids is 1. The number of nitrogens with zero attached hydrogens (tertiary/aromatic N) is 4. The number of benzene rings is 2. The van der Waals surface area contributed by atoms with Crippen LogP contribution in [0.25, 0.3) is 11.4 Å². The minimum atomic E-state index is -0.900. The Hall–Kier alpha value is -3.55. The fourth-order valence-corrected chi connectivity index (χ4v) is 2.82. The lowest BCUT2D eigenvalue weighted by Gasteiger charge is -2.18. The predicted molar refractivity (Wildman–Crippen MR) is 104 cm³/mol. The number of carbonyl (C=O) groups excluding carboxylic acids is 1. The van der Waals surface area contributed by atoms with Gasteiger partial charge in [-0.25, -0.2) is 0 Å². The molecular weight excluding hydrogens is 358 g/mol. The van der Waals surface area contributed by atoms with E-state index in [1.165, 1.54) is 4.80 Å². The highest BCUT2D eigenvalue weighted by molar-refractivity contribution is 5.93. The van der Waals surface area contributed by atoms with Crippen molar-refractivity contribution in [3.63, 3.8) is 0 Å². The number of carboxylic acid groups (broad SMARTS) is 1. The van der Waals surface area contributed by atoms with Crippen LogP contribution in [-0.2, 0) is 16.0 Å². The van der Waals surface area contributed by atoms with Crippen LogP contribution in [-0.4, -0.2) is 37.2 Å². The van der Waals surface area contributed by atoms with E-state index in [9.17, 15) is 9.59 Å². The van der Waals surface area contributed by atoms with E-state index in [-0.39, 0.29) is 18.2 Å². The number of aromatic nitrogens is 4. The molecule has 1 aromatic heterocycles. The number of hydrogen-bond acceptors (Lipinski definition) is 5. The third-order valence-corrected chi connectivity index (χ3v) is 4.19. The quantitative estimate of drug-likeness (QED) is 0.653. The van der Waals surface area contributed by atoms with Gasteiger partial charge in [0.25, 0.3) is 5.91 Å². The molecule has 3 rings (SSSR count). The van der Waals surface area contributed by atoms with Crippen LogP contribution in [0.3, 0.4) is 0 Å². The molecule has 2 aromatic carbocycles. The molecule has 0 spiro atoms. The van der Waals surface area contributed by atoms with Crippen molar-refractivity contribution in [2.24, 2.45) is 5.92 Å². The van der Waals surface area contributed by atoms with Crippen LogP contribution in [0.1, 0.15) is 25.5 Å². The number of anilines is 1. The molecule has 1 heterocycles. The first-order chi connectivity index (χ1) is 13.4. The Balaban J connectivity index is 1.76. The Morgan fingerprint density at radius 2 is 1.75 bits per heavy atom. The van der Waals surface area contributed by atoms with E-state index in [0.717, 1.165) is 5.56 Å². The maximum absolute atomic E-state index is 12.8. The molecule has 8 heteroatoms. The van der Waals surface area contributed by atoms with Gasteiger partial charge in [0, 0.05) is 11.3 Å². The van der Waals surface area contributed by atoms with Crippen molar-refractivity contribution >= 4 is 17.6 Å². The van der Waals surface area contributed by atoms with Crippen molar-refractivity contribution in [2.75, 3.05) is 5.32 Å². The molecule has 0 fully saturated rings. The second kappa shape index (κ2) is 8.43. The first-order valence-corrected chi connectivity index (χ1v) is 8.90. The van der Waals surface area contributed by atoms with E-state index in [2.05, 4.69) is 20.7 Å². The number of amides is 1. The van der Waals surface area contributed by atoms with Gasteiger partial charge in [-0.2, -0.15) is 4.80 Å². The van der Waals surface area contributed by atoms with E-state index in [1.807, 2.05) is 44.2 Å². The summed E-state index contributed by atoms with van der Waals surface area (Å²) >= 11 is 0. The summed E-state index contributed by atoms with van der Waals surface area (Å²) in [5.41, 5.74) is 2.07. The normalized spacial score (nSPS) is 12.0. The second-order valence-corrected chi connectivity index (χ2v) is 6.75. The molecule has 0 aliphatic heterocycles. The number of nitrogens with one attached hydrogen (secondary N) is 1. The first-order valence-electron chi connectivity index (χ1n) is 8.90. The largest absolute Gasteiger partial charge is 0.481 e. The molecule has 144 valence electrons. The van der Waals surface area contributed by atoms with Gasteiger partial charge in [-0.3, -0.25) is 9.59 Å². The Labute approximate surface area is 162 Å². The smallest absolute Gasteiger partial charge is 0.307 e. The minimum Gasteiger partial charge on any atom is -0.481 e. The van der Waals surface area contributed by atoms with Gasteiger partial charge >= 0.3 is 5.97 Å². The van der Waals surface area contributed by atoms with Crippen LogP contribution in [0.15, 0.2) is 54.6 Å². The van der Waals surface area contributed by atoms with Crippen molar-refractivity contribution in [1.29, 1.82) is 0 Å². The molecule has 28 heavy (non-hydrogen) atoms. The SMILES string of the molecule is CC(C)C(C(=O)Nc1ccc(CC(=O)O)cc1)n1nnc(-c2ccccc2)n1.